The standard InChI is InChI=1S/C26H27ClN4O2/c1-3-5-6-15-28-26(32)21-16-22(17-9-13-20(14-10-17)33-4-2)29-25-23(21)24(30-31-25)18-7-11-19(27)12-8-18/h7-14,16H,3-6,15H2,1-2H3,(H,28,32)(H,29,30,31). The number of H-pyrrole nitrogens is 1. The van der Waals surface area contributed by atoms with Crippen LogP contribution in [0.3, 0.4) is 0 Å². The Morgan fingerprint density at radius 2 is 1.76 bits per heavy atom. The number of nitrogens with zero attached hydrogens (tertiary/aromatic N) is 2. The van der Waals surface area contributed by atoms with Crippen molar-refractivity contribution in [3.05, 3.63) is 65.2 Å². The van der Waals surface area contributed by atoms with Gasteiger partial charge in [0.25, 0.3) is 5.91 Å². The summed E-state index contributed by atoms with van der Waals surface area (Å²) < 4.78 is 5.54. The van der Waals surface area contributed by atoms with Gasteiger partial charge in [0.1, 0.15) is 5.75 Å². The van der Waals surface area contributed by atoms with Crippen LogP contribution in [0, 0.1) is 0 Å². The van der Waals surface area contributed by atoms with Crippen LogP contribution in [0.25, 0.3) is 33.5 Å². The molecule has 4 rings (SSSR count). The smallest absolute Gasteiger partial charge is 0.252 e. The molecule has 0 atom stereocenters. The second-order valence-electron chi connectivity index (χ2n) is 7.78. The van der Waals surface area contributed by atoms with Gasteiger partial charge in [-0.25, -0.2) is 4.98 Å². The third-order valence-electron chi connectivity index (χ3n) is 5.43. The van der Waals surface area contributed by atoms with Crippen molar-refractivity contribution in [3.63, 3.8) is 0 Å². The number of nitrogens with one attached hydrogen (secondary N) is 2. The van der Waals surface area contributed by atoms with E-state index in [4.69, 9.17) is 21.3 Å². The van der Waals surface area contributed by atoms with Crippen LogP contribution in [-0.2, 0) is 0 Å². The van der Waals surface area contributed by atoms with E-state index in [0.29, 0.717) is 40.5 Å². The molecule has 2 heterocycles. The summed E-state index contributed by atoms with van der Waals surface area (Å²) in [6.45, 7) is 5.32. The molecule has 2 aromatic heterocycles. The van der Waals surface area contributed by atoms with Gasteiger partial charge in [0.2, 0.25) is 0 Å². The second kappa shape index (κ2) is 10.5. The molecule has 0 aliphatic rings. The molecule has 6 nitrogen and oxygen atoms in total. The summed E-state index contributed by atoms with van der Waals surface area (Å²) in [6.07, 6.45) is 3.11. The maximum atomic E-state index is 13.3. The normalized spacial score (nSPS) is 11.0. The molecule has 0 saturated carbocycles. The quantitative estimate of drug-likeness (QED) is 0.287. The van der Waals surface area contributed by atoms with Crippen LogP contribution < -0.4 is 10.1 Å². The number of aromatic amines is 1. The number of carbonyl (C=O) groups is 1. The molecule has 0 saturated heterocycles. The molecule has 170 valence electrons. The number of fused-ring (bicyclic) bond motifs is 1. The number of rotatable bonds is 9. The Morgan fingerprint density at radius 1 is 1.03 bits per heavy atom. The number of hydrogen-bond donors (Lipinski definition) is 2. The number of pyridine rings is 1. The highest BCUT2D eigenvalue weighted by atomic mass is 35.5. The van der Waals surface area contributed by atoms with Gasteiger partial charge in [-0.05, 0) is 55.8 Å². The first-order valence-corrected chi connectivity index (χ1v) is 11.6. The number of hydrogen-bond acceptors (Lipinski definition) is 4. The van der Waals surface area contributed by atoms with Crippen LogP contribution in [0.2, 0.25) is 5.02 Å². The monoisotopic (exact) mass is 462 g/mol. The maximum Gasteiger partial charge on any atom is 0.252 e. The first-order valence-electron chi connectivity index (χ1n) is 11.3. The van der Waals surface area contributed by atoms with Gasteiger partial charge in [0.05, 0.1) is 28.9 Å². The molecule has 1 amide bonds. The van der Waals surface area contributed by atoms with Crippen molar-refractivity contribution >= 4 is 28.5 Å². The Bertz CT molecular complexity index is 1230. The van der Waals surface area contributed by atoms with E-state index in [1.54, 1.807) is 0 Å². The van der Waals surface area contributed by atoms with E-state index in [-0.39, 0.29) is 5.91 Å². The fourth-order valence-electron chi connectivity index (χ4n) is 3.74. The fraction of sp³-hybridized carbons (Fsp3) is 0.269. The molecular weight excluding hydrogens is 436 g/mol. The van der Waals surface area contributed by atoms with Crippen molar-refractivity contribution in [3.8, 4) is 28.3 Å². The van der Waals surface area contributed by atoms with E-state index in [1.165, 1.54) is 0 Å². The van der Waals surface area contributed by atoms with Crippen molar-refractivity contribution in [2.45, 2.75) is 33.1 Å². The molecule has 0 bridgehead atoms. The van der Waals surface area contributed by atoms with E-state index < -0.39 is 0 Å². The van der Waals surface area contributed by atoms with Crippen molar-refractivity contribution in [2.24, 2.45) is 0 Å². The Balaban J connectivity index is 1.78. The van der Waals surface area contributed by atoms with Crippen LogP contribution in [0.1, 0.15) is 43.5 Å². The first kappa shape index (κ1) is 22.8. The second-order valence-corrected chi connectivity index (χ2v) is 8.22. The number of carbonyl (C=O) groups excluding carboxylic acids is 1. The predicted molar refractivity (Wildman–Crippen MR) is 133 cm³/mol. The van der Waals surface area contributed by atoms with Crippen molar-refractivity contribution < 1.29 is 9.53 Å². The van der Waals surface area contributed by atoms with Gasteiger partial charge in [-0.2, -0.15) is 5.10 Å². The molecule has 33 heavy (non-hydrogen) atoms. The Labute approximate surface area is 198 Å². The lowest BCUT2D eigenvalue weighted by Crippen LogP contribution is -2.24. The van der Waals surface area contributed by atoms with E-state index in [1.807, 2.05) is 61.5 Å². The SMILES string of the molecule is CCCCCNC(=O)c1cc(-c2ccc(OCC)cc2)nc2n[nH]c(-c3ccc(Cl)cc3)c12. The zero-order chi connectivity index (χ0) is 23.2. The van der Waals surface area contributed by atoms with Crippen molar-refractivity contribution in [2.75, 3.05) is 13.2 Å². The number of amides is 1. The third kappa shape index (κ3) is 5.17. The number of aromatic nitrogens is 3. The van der Waals surface area contributed by atoms with Crippen LogP contribution in [-0.4, -0.2) is 34.2 Å². The van der Waals surface area contributed by atoms with E-state index >= 15 is 0 Å². The van der Waals surface area contributed by atoms with E-state index in [9.17, 15) is 4.79 Å². The van der Waals surface area contributed by atoms with Gasteiger partial charge in [-0.1, -0.05) is 43.5 Å². The Hall–Kier alpha value is -3.38. The molecule has 0 aliphatic heterocycles. The fourth-order valence-corrected chi connectivity index (χ4v) is 3.86. The van der Waals surface area contributed by atoms with E-state index in [0.717, 1.165) is 41.8 Å². The zero-order valence-corrected chi connectivity index (χ0v) is 19.6. The molecule has 0 unspecified atom stereocenters. The number of benzene rings is 2. The highest BCUT2D eigenvalue weighted by Gasteiger charge is 2.20. The minimum absolute atomic E-state index is 0.137. The van der Waals surface area contributed by atoms with Gasteiger partial charge < -0.3 is 10.1 Å². The molecule has 2 aromatic carbocycles. The highest BCUT2D eigenvalue weighted by Crippen LogP contribution is 2.32. The molecule has 4 aromatic rings. The molecular formula is C26H27ClN4O2. The molecule has 0 aliphatic carbocycles. The van der Waals surface area contributed by atoms with Gasteiger partial charge in [0, 0.05) is 22.7 Å². The lowest BCUT2D eigenvalue weighted by Gasteiger charge is -2.10. The summed E-state index contributed by atoms with van der Waals surface area (Å²) in [5.74, 6) is 0.656. The molecule has 0 fully saturated rings. The lowest BCUT2D eigenvalue weighted by atomic mass is 10.0. The predicted octanol–water partition coefficient (Wildman–Crippen LogP) is 6.26. The summed E-state index contributed by atoms with van der Waals surface area (Å²) in [5.41, 5.74) is 4.22. The number of ether oxygens (including phenoxy) is 1. The molecule has 7 heteroatoms. The summed E-state index contributed by atoms with van der Waals surface area (Å²) in [4.78, 5) is 18.0. The maximum absolute atomic E-state index is 13.3. The van der Waals surface area contributed by atoms with Gasteiger partial charge in [-0.15, -0.1) is 0 Å². The average Bonchev–Trinajstić information content (AvgIpc) is 3.26. The van der Waals surface area contributed by atoms with Crippen LogP contribution in [0.15, 0.2) is 54.6 Å². The summed E-state index contributed by atoms with van der Waals surface area (Å²) in [7, 11) is 0. The summed E-state index contributed by atoms with van der Waals surface area (Å²) >= 11 is 6.06. The van der Waals surface area contributed by atoms with Gasteiger partial charge >= 0.3 is 0 Å². The minimum atomic E-state index is -0.137. The highest BCUT2D eigenvalue weighted by molar-refractivity contribution is 6.30. The van der Waals surface area contributed by atoms with Crippen molar-refractivity contribution in [1.29, 1.82) is 0 Å². The number of unbranched alkanes of at least 4 members (excludes halogenated alkanes) is 2. The number of halogens is 1. The molecule has 0 spiro atoms. The van der Waals surface area contributed by atoms with Crippen LogP contribution >= 0.6 is 11.6 Å². The van der Waals surface area contributed by atoms with Crippen LogP contribution in [0.4, 0.5) is 0 Å². The molecule has 0 radical (unpaired) electrons. The topological polar surface area (TPSA) is 79.9 Å². The van der Waals surface area contributed by atoms with Gasteiger partial charge in [0.15, 0.2) is 5.65 Å². The first-order chi connectivity index (χ1) is 16.1. The Kier molecular flexibility index (Phi) is 7.25. The Morgan fingerprint density at radius 3 is 2.45 bits per heavy atom. The molecule has 2 N–H and O–H groups in total. The minimum Gasteiger partial charge on any atom is -0.494 e. The van der Waals surface area contributed by atoms with Crippen molar-refractivity contribution in [1.82, 2.24) is 20.5 Å². The van der Waals surface area contributed by atoms with E-state index in [2.05, 4.69) is 22.4 Å². The summed E-state index contributed by atoms with van der Waals surface area (Å²) in [5, 5.41) is 11.9. The lowest BCUT2D eigenvalue weighted by molar-refractivity contribution is 0.0954. The average molecular weight is 463 g/mol. The van der Waals surface area contributed by atoms with Crippen LogP contribution in [0.5, 0.6) is 5.75 Å². The summed E-state index contributed by atoms with van der Waals surface area (Å²) in [6, 6.07) is 17.0. The van der Waals surface area contributed by atoms with Gasteiger partial charge in [-0.3, -0.25) is 9.89 Å². The largest absolute Gasteiger partial charge is 0.494 e. The zero-order valence-electron chi connectivity index (χ0n) is 18.8. The third-order valence-corrected chi connectivity index (χ3v) is 5.68.